The van der Waals surface area contributed by atoms with Crippen LogP contribution in [0.25, 0.3) is 22.5 Å². The smallest absolute Gasteiger partial charge is 0.344 e. The van der Waals surface area contributed by atoms with Gasteiger partial charge in [0.05, 0.1) is 18.2 Å². The topological polar surface area (TPSA) is 56.5 Å². The Kier molecular flexibility index (Phi) is 5.87. The van der Waals surface area contributed by atoms with Gasteiger partial charge in [0.1, 0.15) is 5.76 Å². The van der Waals surface area contributed by atoms with E-state index in [1.54, 1.807) is 24.3 Å². The van der Waals surface area contributed by atoms with E-state index in [-0.39, 0.29) is 5.63 Å². The van der Waals surface area contributed by atoms with Gasteiger partial charge in [-0.1, -0.05) is 55.8 Å². The summed E-state index contributed by atoms with van der Waals surface area (Å²) in [6.07, 6.45) is 2.85. The molecule has 0 radical (unpaired) electrons. The number of ether oxygens (including phenoxy) is 1. The van der Waals surface area contributed by atoms with E-state index in [4.69, 9.17) is 9.15 Å². The minimum absolute atomic E-state index is 0.367. The second kappa shape index (κ2) is 8.49. The van der Waals surface area contributed by atoms with Gasteiger partial charge >= 0.3 is 11.6 Å². The van der Waals surface area contributed by atoms with Crippen LogP contribution in [0.3, 0.4) is 0 Å². The molecule has 0 aliphatic heterocycles. The molecule has 138 valence electrons. The summed E-state index contributed by atoms with van der Waals surface area (Å²) in [6, 6.07) is 18.4. The number of esters is 1. The van der Waals surface area contributed by atoms with Crippen LogP contribution < -0.4 is 5.63 Å². The molecule has 0 amide bonds. The molecule has 4 heteroatoms. The quantitative estimate of drug-likeness (QED) is 0.572. The van der Waals surface area contributed by atoms with Crippen molar-refractivity contribution in [2.24, 2.45) is 0 Å². The monoisotopic (exact) mass is 362 g/mol. The van der Waals surface area contributed by atoms with Crippen LogP contribution in [0.2, 0.25) is 0 Å². The zero-order valence-corrected chi connectivity index (χ0v) is 15.5. The predicted octanol–water partition coefficient (Wildman–Crippen LogP) is 5.10. The lowest BCUT2D eigenvalue weighted by Crippen LogP contribution is -2.07. The highest BCUT2D eigenvalue weighted by Crippen LogP contribution is 2.28. The molecule has 0 fully saturated rings. The molecule has 3 rings (SSSR count). The predicted molar refractivity (Wildman–Crippen MR) is 106 cm³/mol. The van der Waals surface area contributed by atoms with Crippen LogP contribution in [-0.4, -0.2) is 13.1 Å². The average Bonchev–Trinajstić information content (AvgIpc) is 2.72. The highest BCUT2D eigenvalue weighted by Gasteiger charge is 2.15. The van der Waals surface area contributed by atoms with E-state index in [0.29, 0.717) is 16.9 Å². The molecule has 0 N–H and O–H groups in total. The van der Waals surface area contributed by atoms with Crippen molar-refractivity contribution >= 4 is 5.97 Å². The molecule has 0 atom stereocenters. The van der Waals surface area contributed by atoms with Crippen LogP contribution in [-0.2, 0) is 11.2 Å². The summed E-state index contributed by atoms with van der Waals surface area (Å²) in [5.41, 5.74) is 3.26. The van der Waals surface area contributed by atoms with Crippen molar-refractivity contribution < 1.29 is 13.9 Å². The molecule has 0 aliphatic carbocycles. The van der Waals surface area contributed by atoms with Crippen molar-refractivity contribution in [3.63, 3.8) is 0 Å². The summed E-state index contributed by atoms with van der Waals surface area (Å²) in [5, 5.41) is 0. The average molecular weight is 362 g/mol. The SMILES string of the molecule is CCCCc1cc(-c2ccccc2)c(=O)oc1-c1ccc(C(=O)OC)cc1. The Morgan fingerprint density at radius 3 is 2.33 bits per heavy atom. The molecular formula is C23H22O4. The number of carbonyl (C=O) groups excluding carboxylic acids is 1. The molecule has 0 aliphatic rings. The second-order valence-electron chi connectivity index (χ2n) is 6.34. The molecule has 0 saturated carbocycles. The maximum Gasteiger partial charge on any atom is 0.344 e. The number of hydrogen-bond acceptors (Lipinski definition) is 4. The highest BCUT2D eigenvalue weighted by atomic mass is 16.5. The second-order valence-corrected chi connectivity index (χ2v) is 6.34. The summed E-state index contributed by atoms with van der Waals surface area (Å²) in [6.45, 7) is 2.13. The van der Waals surface area contributed by atoms with Crippen molar-refractivity contribution in [2.45, 2.75) is 26.2 Å². The summed E-state index contributed by atoms with van der Waals surface area (Å²) < 4.78 is 10.5. The Morgan fingerprint density at radius 2 is 1.70 bits per heavy atom. The number of methoxy groups -OCH3 is 1. The van der Waals surface area contributed by atoms with E-state index in [9.17, 15) is 9.59 Å². The van der Waals surface area contributed by atoms with Crippen LogP contribution in [0, 0.1) is 0 Å². The van der Waals surface area contributed by atoms with E-state index in [1.807, 2.05) is 36.4 Å². The maximum atomic E-state index is 12.6. The van der Waals surface area contributed by atoms with Gasteiger partial charge in [-0.05, 0) is 42.2 Å². The van der Waals surface area contributed by atoms with Crippen molar-refractivity contribution in [1.29, 1.82) is 0 Å². The largest absolute Gasteiger partial charge is 0.465 e. The lowest BCUT2D eigenvalue weighted by atomic mass is 9.98. The molecule has 0 unspecified atom stereocenters. The fraction of sp³-hybridized carbons (Fsp3) is 0.217. The first-order valence-corrected chi connectivity index (χ1v) is 9.05. The molecule has 1 aromatic heterocycles. The van der Waals surface area contributed by atoms with Crippen LogP contribution in [0.4, 0.5) is 0 Å². The molecular weight excluding hydrogens is 340 g/mol. The maximum absolute atomic E-state index is 12.6. The lowest BCUT2D eigenvalue weighted by Gasteiger charge is -2.11. The minimum atomic E-state index is -0.395. The zero-order chi connectivity index (χ0) is 19.2. The number of hydrogen-bond donors (Lipinski definition) is 0. The van der Waals surface area contributed by atoms with Gasteiger partial charge in [-0.3, -0.25) is 0 Å². The summed E-state index contributed by atoms with van der Waals surface area (Å²) in [5.74, 6) is 0.165. The van der Waals surface area contributed by atoms with Crippen molar-refractivity contribution in [3.05, 3.63) is 82.2 Å². The molecule has 0 saturated heterocycles. The first-order valence-electron chi connectivity index (χ1n) is 9.05. The number of carbonyl (C=O) groups is 1. The van der Waals surface area contributed by atoms with Crippen LogP contribution in [0.1, 0.15) is 35.7 Å². The molecule has 3 aromatic rings. The summed E-state index contributed by atoms with van der Waals surface area (Å²) in [4.78, 5) is 24.3. The molecule has 1 heterocycles. The van der Waals surface area contributed by atoms with Gasteiger partial charge in [0.25, 0.3) is 0 Å². The molecule has 0 spiro atoms. The number of aryl methyl sites for hydroxylation is 1. The first-order chi connectivity index (χ1) is 13.1. The van der Waals surface area contributed by atoms with Crippen LogP contribution >= 0.6 is 0 Å². The van der Waals surface area contributed by atoms with Crippen molar-refractivity contribution in [3.8, 4) is 22.5 Å². The Labute approximate surface area is 158 Å². The van der Waals surface area contributed by atoms with Gasteiger partial charge in [-0.25, -0.2) is 9.59 Å². The van der Waals surface area contributed by atoms with Crippen molar-refractivity contribution in [1.82, 2.24) is 0 Å². The number of unbranched alkanes of at least 4 members (excludes halogenated alkanes) is 1. The Hall–Kier alpha value is -3.14. The Morgan fingerprint density at radius 1 is 1.00 bits per heavy atom. The van der Waals surface area contributed by atoms with E-state index in [1.165, 1.54) is 7.11 Å². The normalized spacial score (nSPS) is 10.6. The van der Waals surface area contributed by atoms with E-state index in [2.05, 4.69) is 6.92 Å². The zero-order valence-electron chi connectivity index (χ0n) is 15.5. The molecule has 4 nitrogen and oxygen atoms in total. The van der Waals surface area contributed by atoms with E-state index >= 15 is 0 Å². The van der Waals surface area contributed by atoms with Crippen LogP contribution in [0.5, 0.6) is 0 Å². The van der Waals surface area contributed by atoms with Gasteiger partial charge < -0.3 is 9.15 Å². The Balaban J connectivity index is 2.07. The third kappa shape index (κ3) is 4.17. The first kappa shape index (κ1) is 18.6. The molecule has 2 aromatic carbocycles. The van der Waals surface area contributed by atoms with E-state index < -0.39 is 5.97 Å². The van der Waals surface area contributed by atoms with Gasteiger partial charge in [0, 0.05) is 5.56 Å². The summed E-state index contributed by atoms with van der Waals surface area (Å²) in [7, 11) is 1.35. The van der Waals surface area contributed by atoms with Gasteiger partial charge in [0.2, 0.25) is 0 Å². The van der Waals surface area contributed by atoms with Gasteiger partial charge in [-0.2, -0.15) is 0 Å². The lowest BCUT2D eigenvalue weighted by molar-refractivity contribution is 0.0600. The minimum Gasteiger partial charge on any atom is -0.465 e. The van der Waals surface area contributed by atoms with Gasteiger partial charge in [-0.15, -0.1) is 0 Å². The highest BCUT2D eigenvalue weighted by molar-refractivity contribution is 5.89. The fourth-order valence-corrected chi connectivity index (χ4v) is 3.00. The number of benzene rings is 2. The molecule has 0 bridgehead atoms. The standard InChI is InChI=1S/C23H22O4/c1-3-4-8-19-15-20(16-9-6-5-7-10-16)23(25)27-21(19)17-11-13-18(14-12-17)22(24)26-2/h5-7,9-15H,3-4,8H2,1-2H3. The van der Waals surface area contributed by atoms with Crippen LogP contribution in [0.15, 0.2) is 69.9 Å². The van der Waals surface area contributed by atoms with Gasteiger partial charge in [0.15, 0.2) is 0 Å². The van der Waals surface area contributed by atoms with E-state index in [0.717, 1.165) is 36.0 Å². The fourth-order valence-electron chi connectivity index (χ4n) is 3.00. The third-order valence-corrected chi connectivity index (χ3v) is 4.48. The van der Waals surface area contributed by atoms with Crippen molar-refractivity contribution in [2.75, 3.05) is 7.11 Å². The third-order valence-electron chi connectivity index (χ3n) is 4.48. The number of rotatable bonds is 6. The Bertz CT molecular complexity index is 970. The molecule has 27 heavy (non-hydrogen) atoms. The summed E-state index contributed by atoms with van der Waals surface area (Å²) >= 11 is 0.